The third kappa shape index (κ3) is 6.46. The lowest BCUT2D eigenvalue weighted by Crippen LogP contribution is -2.50. The van der Waals surface area contributed by atoms with Crippen molar-refractivity contribution >= 4 is 32.9 Å². The number of fused-ring (bicyclic) bond motifs is 2. The quantitative estimate of drug-likeness (QED) is 0.276. The zero-order valence-corrected chi connectivity index (χ0v) is 28.0. The number of sulfonamides is 1. The Labute approximate surface area is 274 Å². The van der Waals surface area contributed by atoms with E-state index in [4.69, 9.17) is 4.74 Å². The van der Waals surface area contributed by atoms with Gasteiger partial charge in [-0.15, -0.1) is 5.10 Å². The molecule has 0 radical (unpaired) electrons. The first-order valence-corrected chi connectivity index (χ1v) is 17.7. The summed E-state index contributed by atoms with van der Waals surface area (Å²) in [4.78, 5) is 30.3. The van der Waals surface area contributed by atoms with Gasteiger partial charge in [-0.05, 0) is 86.1 Å². The zero-order valence-electron chi connectivity index (χ0n) is 27.2. The van der Waals surface area contributed by atoms with Gasteiger partial charge in [0.15, 0.2) is 0 Å². The summed E-state index contributed by atoms with van der Waals surface area (Å²) in [6, 6.07) is 12.5. The molecule has 3 atom stereocenters. The molecule has 4 aromatic rings. The Balaban J connectivity index is 1.38. The summed E-state index contributed by atoms with van der Waals surface area (Å²) in [5.74, 6) is -0.680. The first-order valence-electron chi connectivity index (χ1n) is 16.2. The summed E-state index contributed by atoms with van der Waals surface area (Å²) in [6.07, 6.45) is 3.27. The highest BCUT2D eigenvalue weighted by Crippen LogP contribution is 2.36. The number of hydrogen-bond acceptors (Lipinski definition) is 8. The Bertz CT molecular complexity index is 1930. The molecule has 248 valence electrons. The van der Waals surface area contributed by atoms with Crippen molar-refractivity contribution in [1.82, 2.24) is 34.9 Å². The topological polar surface area (TPSA) is 148 Å². The number of nitrogens with zero attached hydrogens (tertiary/aromatic N) is 5. The average molecular weight is 660 g/mol. The van der Waals surface area contributed by atoms with Gasteiger partial charge in [0.1, 0.15) is 22.6 Å². The number of hydrogen-bond donors (Lipinski definition) is 2. The Kier molecular flexibility index (Phi) is 9.29. The van der Waals surface area contributed by atoms with Crippen molar-refractivity contribution in [2.75, 3.05) is 13.1 Å². The second-order valence-electron chi connectivity index (χ2n) is 12.3. The van der Waals surface area contributed by atoms with Crippen LogP contribution in [-0.4, -0.2) is 69.8 Å². The van der Waals surface area contributed by atoms with Gasteiger partial charge in [0, 0.05) is 38.2 Å². The summed E-state index contributed by atoms with van der Waals surface area (Å²) in [5.41, 5.74) is 6.11. The highest BCUT2D eigenvalue weighted by Gasteiger charge is 2.35. The second-order valence-corrected chi connectivity index (χ2v) is 14.2. The van der Waals surface area contributed by atoms with E-state index in [1.165, 1.54) is 16.6 Å². The standard InChI is InChI=1S/C34H41N7O5S/c1-5-25-20-40(47(44,45)30-10-8-16-36-34(30)46-25)19-24-17-23(12-11-21(24)3)27(18-31(42)37-28-9-7-15-35-33(28)43)26-13-14-29-32(22(26)4)38-39-41(29)6-2/h8,10-14,16-17,25,27-28H,5-7,9,15,18-20H2,1-4H3,(H,35,43)(H,37,42)/t25-,27+,28?/m1/s1. The van der Waals surface area contributed by atoms with Crippen molar-refractivity contribution in [3.8, 4) is 5.88 Å². The molecule has 2 aromatic heterocycles. The van der Waals surface area contributed by atoms with E-state index in [0.717, 1.165) is 45.3 Å². The lowest BCUT2D eigenvalue weighted by molar-refractivity contribution is -0.130. The molecular formula is C34H41N7O5S. The molecule has 1 saturated heterocycles. The molecule has 0 bridgehead atoms. The number of pyridine rings is 1. The van der Waals surface area contributed by atoms with E-state index in [1.54, 1.807) is 6.07 Å². The molecule has 2 amide bonds. The molecule has 0 aliphatic carbocycles. The number of piperidine rings is 1. The van der Waals surface area contributed by atoms with Crippen molar-refractivity contribution in [2.45, 2.75) is 89.4 Å². The third-order valence-electron chi connectivity index (χ3n) is 9.28. The van der Waals surface area contributed by atoms with Crippen LogP contribution in [0.25, 0.3) is 11.0 Å². The first kappa shape index (κ1) is 32.6. The minimum atomic E-state index is -3.91. The van der Waals surface area contributed by atoms with E-state index in [-0.39, 0.29) is 48.2 Å². The summed E-state index contributed by atoms with van der Waals surface area (Å²) < 4.78 is 37.1. The zero-order chi connectivity index (χ0) is 33.3. The smallest absolute Gasteiger partial charge is 0.248 e. The van der Waals surface area contributed by atoms with Gasteiger partial charge >= 0.3 is 0 Å². The predicted molar refractivity (Wildman–Crippen MR) is 176 cm³/mol. The lowest BCUT2D eigenvalue weighted by Gasteiger charge is -2.26. The van der Waals surface area contributed by atoms with Crippen LogP contribution < -0.4 is 15.4 Å². The van der Waals surface area contributed by atoms with Crippen molar-refractivity contribution < 1.29 is 22.7 Å². The fraction of sp³-hybridized carbons (Fsp3) is 0.441. The number of aromatic nitrogens is 4. The second kappa shape index (κ2) is 13.4. The molecule has 2 N–H and O–H groups in total. The van der Waals surface area contributed by atoms with Gasteiger partial charge in [-0.25, -0.2) is 18.1 Å². The average Bonchev–Trinajstić information content (AvgIpc) is 3.45. The first-order chi connectivity index (χ1) is 22.6. The molecule has 12 nitrogen and oxygen atoms in total. The molecule has 1 fully saturated rings. The maximum atomic E-state index is 13.9. The van der Waals surface area contributed by atoms with Gasteiger partial charge in [-0.3, -0.25) is 9.59 Å². The molecule has 13 heteroatoms. The molecule has 1 unspecified atom stereocenters. The molecule has 0 saturated carbocycles. The highest BCUT2D eigenvalue weighted by molar-refractivity contribution is 7.89. The molecule has 2 aliphatic rings. The Morgan fingerprint density at radius 2 is 2.00 bits per heavy atom. The predicted octanol–water partition coefficient (Wildman–Crippen LogP) is 3.74. The number of rotatable bonds is 9. The highest BCUT2D eigenvalue weighted by atomic mass is 32.2. The molecular weight excluding hydrogens is 618 g/mol. The molecule has 6 rings (SSSR count). The molecule has 2 aliphatic heterocycles. The molecule has 4 heterocycles. The number of amides is 2. The van der Waals surface area contributed by atoms with Crippen LogP contribution in [0.4, 0.5) is 0 Å². The summed E-state index contributed by atoms with van der Waals surface area (Å²) in [5, 5.41) is 14.5. The van der Waals surface area contributed by atoms with Crippen molar-refractivity contribution in [3.05, 3.63) is 76.5 Å². The van der Waals surface area contributed by atoms with Crippen LogP contribution in [0.2, 0.25) is 0 Å². The maximum Gasteiger partial charge on any atom is 0.248 e. The van der Waals surface area contributed by atoms with Gasteiger partial charge in [0.05, 0.1) is 12.1 Å². The van der Waals surface area contributed by atoms with Crippen LogP contribution in [0.5, 0.6) is 5.88 Å². The number of carbonyl (C=O) groups is 2. The van der Waals surface area contributed by atoms with Gasteiger partial charge in [0.2, 0.25) is 27.7 Å². The van der Waals surface area contributed by atoms with Crippen LogP contribution in [0.15, 0.2) is 53.6 Å². The molecule has 2 aromatic carbocycles. The van der Waals surface area contributed by atoms with Crippen molar-refractivity contribution in [2.24, 2.45) is 0 Å². The summed E-state index contributed by atoms with van der Waals surface area (Å²) in [6.45, 7) is 9.50. The Morgan fingerprint density at radius 1 is 1.17 bits per heavy atom. The normalized spacial score (nSPS) is 20.1. The largest absolute Gasteiger partial charge is 0.472 e. The maximum absolute atomic E-state index is 13.9. The number of benzene rings is 2. The van der Waals surface area contributed by atoms with Crippen molar-refractivity contribution in [3.63, 3.8) is 0 Å². The van der Waals surface area contributed by atoms with Crippen molar-refractivity contribution in [1.29, 1.82) is 0 Å². The van der Waals surface area contributed by atoms with Crippen LogP contribution >= 0.6 is 0 Å². The van der Waals surface area contributed by atoms with E-state index in [1.807, 2.05) is 62.7 Å². The van der Waals surface area contributed by atoms with Gasteiger partial charge < -0.3 is 15.4 Å². The SMILES string of the molecule is CC[C@@H]1CN(Cc2cc([C@H](CC(=O)NC3CCCNC3=O)c3ccc4c(nnn4CC)c3C)ccc2C)S(=O)(=O)c2cccnc2O1. The fourth-order valence-corrected chi connectivity index (χ4v) is 8.02. The van der Waals surface area contributed by atoms with E-state index in [2.05, 4.69) is 25.9 Å². The minimum absolute atomic E-state index is 0.0510. The van der Waals surface area contributed by atoms with Crippen LogP contribution in [0.1, 0.15) is 73.3 Å². The van der Waals surface area contributed by atoms with E-state index >= 15 is 0 Å². The third-order valence-corrected chi connectivity index (χ3v) is 11.1. The van der Waals surface area contributed by atoms with Crippen LogP contribution in [0.3, 0.4) is 0 Å². The number of carbonyl (C=O) groups excluding carboxylic acids is 2. The Morgan fingerprint density at radius 3 is 2.77 bits per heavy atom. The van der Waals surface area contributed by atoms with Crippen LogP contribution in [0, 0.1) is 13.8 Å². The van der Waals surface area contributed by atoms with E-state index in [0.29, 0.717) is 25.9 Å². The number of nitrogens with one attached hydrogen (secondary N) is 2. The van der Waals surface area contributed by atoms with E-state index in [9.17, 15) is 18.0 Å². The summed E-state index contributed by atoms with van der Waals surface area (Å²) >= 11 is 0. The fourth-order valence-electron chi connectivity index (χ4n) is 6.50. The van der Waals surface area contributed by atoms with Gasteiger partial charge in [0.25, 0.3) is 0 Å². The lowest BCUT2D eigenvalue weighted by atomic mass is 9.84. The monoisotopic (exact) mass is 659 g/mol. The number of aryl methyl sites for hydroxylation is 3. The Hall–Kier alpha value is -4.36. The minimum Gasteiger partial charge on any atom is -0.472 e. The van der Waals surface area contributed by atoms with Gasteiger partial charge in [-0.2, -0.15) is 4.31 Å². The molecule has 0 spiro atoms. The van der Waals surface area contributed by atoms with Crippen LogP contribution in [-0.2, 0) is 32.7 Å². The van der Waals surface area contributed by atoms with Gasteiger partial charge in [-0.1, -0.05) is 36.4 Å². The van der Waals surface area contributed by atoms with E-state index < -0.39 is 22.0 Å². The number of ether oxygens (including phenoxy) is 1. The summed E-state index contributed by atoms with van der Waals surface area (Å²) in [7, 11) is -3.91. The molecule has 47 heavy (non-hydrogen) atoms.